The van der Waals surface area contributed by atoms with Gasteiger partial charge in [-0.15, -0.1) is 10.2 Å². The van der Waals surface area contributed by atoms with Crippen LogP contribution < -0.4 is 15.4 Å². The fraction of sp³-hybridized carbons (Fsp3) is 0.286. The molecule has 3 aromatic rings. The lowest BCUT2D eigenvalue weighted by Gasteiger charge is -2.16. The van der Waals surface area contributed by atoms with E-state index < -0.39 is 0 Å². The molecule has 30 heavy (non-hydrogen) atoms. The smallest absolute Gasteiger partial charge is 0.255 e. The summed E-state index contributed by atoms with van der Waals surface area (Å²) in [6.45, 7) is 5.28. The minimum absolute atomic E-state index is 0.148. The van der Waals surface area contributed by atoms with Crippen LogP contribution in [-0.2, 0) is 11.2 Å². The van der Waals surface area contributed by atoms with Crippen molar-refractivity contribution in [3.63, 3.8) is 0 Å². The summed E-state index contributed by atoms with van der Waals surface area (Å²) in [7, 11) is 1.52. The predicted octanol–water partition coefficient (Wildman–Crippen LogP) is 2.68. The van der Waals surface area contributed by atoms with E-state index in [1.54, 1.807) is 22.9 Å². The third kappa shape index (κ3) is 4.62. The average molecular weight is 408 g/mol. The molecule has 0 aliphatic heterocycles. The van der Waals surface area contributed by atoms with Crippen LogP contribution in [0.1, 0.15) is 48.4 Å². The van der Waals surface area contributed by atoms with Crippen molar-refractivity contribution in [2.75, 3.05) is 12.4 Å². The maximum absolute atomic E-state index is 12.9. The molecule has 2 amide bonds. The van der Waals surface area contributed by atoms with Crippen molar-refractivity contribution >= 4 is 17.5 Å². The van der Waals surface area contributed by atoms with Gasteiger partial charge in [-0.25, -0.2) is 4.68 Å². The molecule has 0 aliphatic rings. The molecule has 9 heteroatoms. The van der Waals surface area contributed by atoms with Crippen LogP contribution in [-0.4, -0.2) is 38.9 Å². The summed E-state index contributed by atoms with van der Waals surface area (Å²) in [4.78, 5) is 24.2. The Labute approximate surface area is 174 Å². The van der Waals surface area contributed by atoms with Gasteiger partial charge >= 0.3 is 0 Å². The van der Waals surface area contributed by atoms with Crippen molar-refractivity contribution in [3.8, 4) is 11.7 Å². The highest BCUT2D eigenvalue weighted by atomic mass is 16.5. The number of hydrogen-bond acceptors (Lipinski definition) is 6. The highest BCUT2D eigenvalue weighted by Gasteiger charge is 2.20. The molecule has 0 fully saturated rings. The zero-order valence-electron chi connectivity index (χ0n) is 17.3. The first-order valence-corrected chi connectivity index (χ1v) is 9.56. The number of nitrogens with zero attached hydrogens (tertiary/aromatic N) is 4. The van der Waals surface area contributed by atoms with Crippen LogP contribution in [0.3, 0.4) is 0 Å². The first-order chi connectivity index (χ1) is 14.4. The minimum Gasteiger partial charge on any atom is -0.480 e. The van der Waals surface area contributed by atoms with Gasteiger partial charge in [0, 0.05) is 18.7 Å². The Morgan fingerprint density at radius 1 is 1.20 bits per heavy atom. The van der Waals surface area contributed by atoms with Crippen LogP contribution in [0.2, 0.25) is 0 Å². The first-order valence-electron chi connectivity index (χ1n) is 9.56. The standard InChI is InChI=1S/C21H24N6O3/c1-5-18-17(12-22-27(18)19-9-10-20(30-4)26-25-19)21(29)23-13(2)15-7-6-8-16(11-15)24-14(3)28/h6-13H,5H2,1-4H3,(H,23,29)(H,24,28). The summed E-state index contributed by atoms with van der Waals surface area (Å²) in [5.74, 6) is 0.516. The Balaban J connectivity index is 1.80. The second-order valence-electron chi connectivity index (χ2n) is 6.71. The van der Waals surface area contributed by atoms with Gasteiger partial charge in [-0.3, -0.25) is 9.59 Å². The normalized spacial score (nSPS) is 11.6. The summed E-state index contributed by atoms with van der Waals surface area (Å²) in [5, 5.41) is 18.1. The van der Waals surface area contributed by atoms with Gasteiger partial charge in [0.15, 0.2) is 5.82 Å². The van der Waals surface area contributed by atoms with E-state index in [1.165, 1.54) is 20.2 Å². The van der Waals surface area contributed by atoms with Crippen molar-refractivity contribution in [2.45, 2.75) is 33.2 Å². The van der Waals surface area contributed by atoms with Crippen LogP contribution in [0.15, 0.2) is 42.6 Å². The van der Waals surface area contributed by atoms with Crippen LogP contribution in [0.5, 0.6) is 5.88 Å². The average Bonchev–Trinajstić information content (AvgIpc) is 3.17. The lowest BCUT2D eigenvalue weighted by atomic mass is 10.1. The largest absolute Gasteiger partial charge is 0.480 e. The third-order valence-electron chi connectivity index (χ3n) is 4.56. The molecule has 1 aromatic carbocycles. The lowest BCUT2D eigenvalue weighted by Crippen LogP contribution is -2.27. The zero-order valence-corrected chi connectivity index (χ0v) is 17.3. The van der Waals surface area contributed by atoms with Gasteiger partial charge in [0.05, 0.1) is 30.6 Å². The van der Waals surface area contributed by atoms with E-state index in [-0.39, 0.29) is 17.9 Å². The molecular formula is C21H24N6O3. The fourth-order valence-corrected chi connectivity index (χ4v) is 3.08. The molecule has 1 atom stereocenters. The second kappa shape index (κ2) is 9.17. The molecule has 0 saturated carbocycles. The molecule has 0 spiro atoms. The van der Waals surface area contributed by atoms with E-state index in [0.717, 1.165) is 11.3 Å². The Morgan fingerprint density at radius 2 is 2.00 bits per heavy atom. The summed E-state index contributed by atoms with van der Waals surface area (Å²) in [6, 6.07) is 10.5. The van der Waals surface area contributed by atoms with Crippen molar-refractivity contribution in [3.05, 3.63) is 59.4 Å². The number of methoxy groups -OCH3 is 1. The lowest BCUT2D eigenvalue weighted by molar-refractivity contribution is -0.114. The Hall–Kier alpha value is -3.75. The quantitative estimate of drug-likeness (QED) is 0.622. The van der Waals surface area contributed by atoms with E-state index >= 15 is 0 Å². The molecule has 2 heterocycles. The van der Waals surface area contributed by atoms with Gasteiger partial charge in [0.1, 0.15) is 0 Å². The second-order valence-corrected chi connectivity index (χ2v) is 6.71. The van der Waals surface area contributed by atoms with Gasteiger partial charge in [-0.05, 0) is 37.1 Å². The maximum Gasteiger partial charge on any atom is 0.255 e. The number of carbonyl (C=O) groups excluding carboxylic acids is 2. The molecule has 2 aromatic heterocycles. The van der Waals surface area contributed by atoms with Crippen molar-refractivity contribution in [1.82, 2.24) is 25.3 Å². The van der Waals surface area contributed by atoms with Gasteiger partial charge in [0.2, 0.25) is 11.8 Å². The number of ether oxygens (including phenoxy) is 1. The Kier molecular flexibility index (Phi) is 6.41. The van der Waals surface area contributed by atoms with Crippen LogP contribution in [0.4, 0.5) is 5.69 Å². The van der Waals surface area contributed by atoms with E-state index in [1.807, 2.05) is 32.0 Å². The highest BCUT2D eigenvalue weighted by Crippen LogP contribution is 2.20. The van der Waals surface area contributed by atoms with Gasteiger partial charge in [-0.1, -0.05) is 19.1 Å². The van der Waals surface area contributed by atoms with E-state index in [2.05, 4.69) is 25.9 Å². The van der Waals surface area contributed by atoms with E-state index in [9.17, 15) is 9.59 Å². The molecule has 2 N–H and O–H groups in total. The van der Waals surface area contributed by atoms with Crippen LogP contribution >= 0.6 is 0 Å². The van der Waals surface area contributed by atoms with E-state index in [0.29, 0.717) is 29.4 Å². The molecule has 1 unspecified atom stereocenters. The van der Waals surface area contributed by atoms with Gasteiger partial charge in [-0.2, -0.15) is 5.10 Å². The monoisotopic (exact) mass is 408 g/mol. The highest BCUT2D eigenvalue weighted by molar-refractivity contribution is 5.95. The molecule has 3 rings (SSSR count). The summed E-state index contributed by atoms with van der Waals surface area (Å²) in [5.41, 5.74) is 2.76. The number of hydrogen-bond donors (Lipinski definition) is 2. The van der Waals surface area contributed by atoms with Crippen molar-refractivity contribution < 1.29 is 14.3 Å². The fourth-order valence-electron chi connectivity index (χ4n) is 3.08. The molecule has 0 aliphatic carbocycles. The van der Waals surface area contributed by atoms with Crippen LogP contribution in [0, 0.1) is 0 Å². The van der Waals surface area contributed by atoms with Crippen molar-refractivity contribution in [2.24, 2.45) is 0 Å². The molecule has 9 nitrogen and oxygen atoms in total. The Morgan fingerprint density at radius 3 is 2.63 bits per heavy atom. The summed E-state index contributed by atoms with van der Waals surface area (Å²) >= 11 is 0. The molecular weight excluding hydrogens is 384 g/mol. The number of aromatic nitrogens is 4. The predicted molar refractivity (Wildman–Crippen MR) is 112 cm³/mol. The molecule has 0 saturated heterocycles. The summed E-state index contributed by atoms with van der Waals surface area (Å²) in [6.07, 6.45) is 2.11. The van der Waals surface area contributed by atoms with E-state index in [4.69, 9.17) is 4.74 Å². The SMILES string of the molecule is CCc1c(C(=O)NC(C)c2cccc(NC(C)=O)c2)cnn1-c1ccc(OC)nn1. The number of amides is 2. The van der Waals surface area contributed by atoms with Gasteiger partial charge in [0.25, 0.3) is 5.91 Å². The minimum atomic E-state index is -0.264. The third-order valence-corrected chi connectivity index (χ3v) is 4.56. The zero-order chi connectivity index (χ0) is 21.7. The maximum atomic E-state index is 12.9. The number of benzene rings is 1. The van der Waals surface area contributed by atoms with Crippen LogP contribution in [0.25, 0.3) is 5.82 Å². The summed E-state index contributed by atoms with van der Waals surface area (Å²) < 4.78 is 6.63. The molecule has 0 bridgehead atoms. The molecule has 0 radical (unpaired) electrons. The Bertz CT molecular complexity index is 1050. The number of rotatable bonds is 7. The number of anilines is 1. The van der Waals surface area contributed by atoms with Gasteiger partial charge < -0.3 is 15.4 Å². The topological polar surface area (TPSA) is 111 Å². The first kappa shape index (κ1) is 21.0. The number of nitrogens with one attached hydrogen (secondary N) is 2. The van der Waals surface area contributed by atoms with Crippen molar-refractivity contribution in [1.29, 1.82) is 0 Å². The number of carbonyl (C=O) groups is 2. The molecule has 156 valence electrons.